The molecule has 118 valence electrons. The van der Waals surface area contributed by atoms with E-state index in [1.165, 1.54) is 7.05 Å². The van der Waals surface area contributed by atoms with Crippen molar-refractivity contribution in [2.24, 2.45) is 11.1 Å². The second-order valence-corrected chi connectivity index (χ2v) is 5.93. The highest BCUT2D eigenvalue weighted by molar-refractivity contribution is 5.88. The van der Waals surface area contributed by atoms with Gasteiger partial charge in [0.1, 0.15) is 5.54 Å². The van der Waals surface area contributed by atoms with E-state index in [2.05, 4.69) is 0 Å². The van der Waals surface area contributed by atoms with E-state index in [9.17, 15) is 18.0 Å². The second kappa shape index (κ2) is 5.52. The Balaban J connectivity index is 2.68. The van der Waals surface area contributed by atoms with Gasteiger partial charge in [-0.25, -0.2) is 0 Å². The third kappa shape index (κ3) is 3.09. The summed E-state index contributed by atoms with van der Waals surface area (Å²) in [4.78, 5) is 13.4. The lowest BCUT2D eigenvalue weighted by Crippen LogP contribution is -2.75. The molecule has 1 saturated carbocycles. The van der Waals surface area contributed by atoms with Gasteiger partial charge in [-0.3, -0.25) is 4.79 Å². The number of likely N-dealkylation sites (N-methyl/N-ethyl adjacent to an activating group) is 1. The van der Waals surface area contributed by atoms with Crippen molar-refractivity contribution < 1.29 is 22.7 Å². The Morgan fingerprint density at radius 3 is 2.40 bits per heavy atom. The molecule has 0 radical (unpaired) electrons. The molecular weight excluding hydrogens is 273 g/mol. The molecule has 1 aliphatic carbocycles. The maximum atomic E-state index is 12.3. The summed E-state index contributed by atoms with van der Waals surface area (Å²) >= 11 is 0. The number of rotatable bonds is 5. The molecule has 1 amide bonds. The molecule has 0 aromatic carbocycles. The van der Waals surface area contributed by atoms with Gasteiger partial charge in [0.25, 0.3) is 0 Å². The molecule has 2 N–H and O–H groups in total. The Morgan fingerprint density at radius 2 is 2.00 bits per heavy atom. The molecule has 0 aromatic heterocycles. The van der Waals surface area contributed by atoms with Gasteiger partial charge < -0.3 is 15.4 Å². The van der Waals surface area contributed by atoms with Crippen LogP contribution in [-0.2, 0) is 9.53 Å². The molecule has 0 bridgehead atoms. The van der Waals surface area contributed by atoms with Crippen LogP contribution in [0.25, 0.3) is 0 Å². The molecule has 0 spiro atoms. The van der Waals surface area contributed by atoms with E-state index < -0.39 is 29.5 Å². The second-order valence-electron chi connectivity index (χ2n) is 5.93. The van der Waals surface area contributed by atoms with Crippen molar-refractivity contribution in [3.05, 3.63) is 0 Å². The average Bonchev–Trinajstić information content (AvgIpc) is 2.33. The van der Waals surface area contributed by atoms with Crippen LogP contribution in [0.3, 0.4) is 0 Å². The lowest BCUT2D eigenvalue weighted by atomic mass is 9.54. The highest BCUT2D eigenvalue weighted by Gasteiger charge is 2.63. The Kier molecular flexibility index (Phi) is 4.76. The van der Waals surface area contributed by atoms with E-state index in [0.717, 1.165) is 4.90 Å². The summed E-state index contributed by atoms with van der Waals surface area (Å²) < 4.78 is 42.1. The SMILES string of the molecule is CCOC1CC(N)(C(=O)N(C)CCC(F)(F)F)C1(C)C. The predicted octanol–water partition coefficient (Wildman–Crippen LogP) is 1.93. The van der Waals surface area contributed by atoms with Crippen LogP contribution >= 0.6 is 0 Å². The van der Waals surface area contributed by atoms with Crippen molar-refractivity contribution in [1.29, 1.82) is 0 Å². The zero-order valence-corrected chi connectivity index (χ0v) is 12.4. The fraction of sp³-hybridized carbons (Fsp3) is 0.923. The van der Waals surface area contributed by atoms with Gasteiger partial charge in [-0.05, 0) is 6.92 Å². The molecule has 1 rings (SSSR count). The molecule has 4 nitrogen and oxygen atoms in total. The Morgan fingerprint density at radius 1 is 1.45 bits per heavy atom. The van der Waals surface area contributed by atoms with Crippen molar-refractivity contribution in [3.8, 4) is 0 Å². The van der Waals surface area contributed by atoms with E-state index in [4.69, 9.17) is 10.5 Å². The molecule has 0 saturated heterocycles. The number of carbonyl (C=O) groups excluding carboxylic acids is 1. The fourth-order valence-electron chi connectivity index (χ4n) is 2.53. The maximum Gasteiger partial charge on any atom is 0.390 e. The number of nitrogens with zero attached hydrogens (tertiary/aromatic N) is 1. The highest BCUT2D eigenvalue weighted by Crippen LogP contribution is 2.50. The number of amides is 1. The van der Waals surface area contributed by atoms with Crippen LogP contribution in [0.4, 0.5) is 13.2 Å². The largest absolute Gasteiger partial charge is 0.390 e. The summed E-state index contributed by atoms with van der Waals surface area (Å²) in [6, 6.07) is 0. The van der Waals surface area contributed by atoms with Crippen LogP contribution in [-0.4, -0.2) is 48.8 Å². The van der Waals surface area contributed by atoms with Crippen molar-refractivity contribution in [2.45, 2.75) is 51.4 Å². The van der Waals surface area contributed by atoms with Gasteiger partial charge in [0.05, 0.1) is 12.5 Å². The number of carbonyl (C=O) groups is 1. The van der Waals surface area contributed by atoms with Gasteiger partial charge in [-0.15, -0.1) is 0 Å². The van der Waals surface area contributed by atoms with Gasteiger partial charge in [-0.1, -0.05) is 13.8 Å². The minimum absolute atomic E-state index is 0.141. The molecule has 1 fully saturated rings. The summed E-state index contributed by atoms with van der Waals surface area (Å²) in [5.41, 5.74) is 4.38. The van der Waals surface area contributed by atoms with Gasteiger partial charge >= 0.3 is 6.18 Å². The lowest BCUT2D eigenvalue weighted by Gasteiger charge is -2.58. The molecule has 2 unspecified atom stereocenters. The number of hydrogen-bond donors (Lipinski definition) is 1. The fourth-order valence-corrected chi connectivity index (χ4v) is 2.53. The average molecular weight is 296 g/mol. The first-order valence-electron chi connectivity index (χ1n) is 6.68. The number of nitrogens with two attached hydrogens (primary N) is 1. The lowest BCUT2D eigenvalue weighted by molar-refractivity contribution is -0.180. The Bertz CT molecular complexity index is 371. The number of ether oxygens (including phenoxy) is 1. The van der Waals surface area contributed by atoms with E-state index in [1.54, 1.807) is 0 Å². The minimum atomic E-state index is -4.28. The Labute approximate surface area is 117 Å². The van der Waals surface area contributed by atoms with Crippen LogP contribution in [0.2, 0.25) is 0 Å². The molecule has 20 heavy (non-hydrogen) atoms. The highest BCUT2D eigenvalue weighted by atomic mass is 19.4. The topological polar surface area (TPSA) is 55.6 Å². The third-order valence-corrected chi connectivity index (χ3v) is 4.29. The normalized spacial score (nSPS) is 28.9. The zero-order valence-electron chi connectivity index (χ0n) is 12.4. The first kappa shape index (κ1) is 17.2. The van der Waals surface area contributed by atoms with Gasteiger partial charge in [0, 0.05) is 32.0 Å². The smallest absolute Gasteiger partial charge is 0.378 e. The van der Waals surface area contributed by atoms with Crippen molar-refractivity contribution in [1.82, 2.24) is 4.90 Å². The summed E-state index contributed by atoms with van der Waals surface area (Å²) in [6.07, 6.45) is -5.11. The molecule has 0 aromatic rings. The Hall–Kier alpha value is -0.820. The van der Waals surface area contributed by atoms with Crippen LogP contribution in [0.5, 0.6) is 0 Å². The summed E-state index contributed by atoms with van der Waals surface area (Å²) in [6.45, 7) is 5.61. The van der Waals surface area contributed by atoms with Crippen molar-refractivity contribution in [3.63, 3.8) is 0 Å². The molecule has 7 heteroatoms. The van der Waals surface area contributed by atoms with E-state index in [1.807, 2.05) is 20.8 Å². The minimum Gasteiger partial charge on any atom is -0.378 e. The first-order chi connectivity index (χ1) is 8.95. The molecule has 1 aliphatic rings. The van der Waals surface area contributed by atoms with Crippen LogP contribution < -0.4 is 5.73 Å². The third-order valence-electron chi connectivity index (χ3n) is 4.29. The van der Waals surface area contributed by atoms with Gasteiger partial charge in [-0.2, -0.15) is 13.2 Å². The van der Waals surface area contributed by atoms with Crippen LogP contribution in [0, 0.1) is 5.41 Å². The summed E-state index contributed by atoms with van der Waals surface area (Å²) in [7, 11) is 1.35. The predicted molar refractivity (Wildman–Crippen MR) is 69.0 cm³/mol. The zero-order chi connectivity index (χ0) is 15.8. The number of alkyl halides is 3. The van der Waals surface area contributed by atoms with E-state index in [0.29, 0.717) is 13.0 Å². The maximum absolute atomic E-state index is 12.3. The van der Waals surface area contributed by atoms with E-state index >= 15 is 0 Å². The first-order valence-corrected chi connectivity index (χ1v) is 6.68. The van der Waals surface area contributed by atoms with Crippen LogP contribution in [0.15, 0.2) is 0 Å². The van der Waals surface area contributed by atoms with E-state index in [-0.39, 0.29) is 12.6 Å². The van der Waals surface area contributed by atoms with Crippen molar-refractivity contribution in [2.75, 3.05) is 20.2 Å². The molecule has 0 heterocycles. The van der Waals surface area contributed by atoms with Crippen molar-refractivity contribution >= 4 is 5.91 Å². The summed E-state index contributed by atoms with van der Waals surface area (Å²) in [5, 5.41) is 0. The summed E-state index contributed by atoms with van der Waals surface area (Å²) in [5.74, 6) is -0.456. The number of hydrogen-bond acceptors (Lipinski definition) is 3. The molecule has 0 aliphatic heterocycles. The standard InChI is InChI=1S/C13H23F3N2O2/c1-5-20-9-8-12(17,11(9,2)3)10(19)18(4)7-6-13(14,15)16/h9H,5-8,17H2,1-4H3. The monoisotopic (exact) mass is 296 g/mol. The molecular formula is C13H23F3N2O2. The van der Waals surface area contributed by atoms with Gasteiger partial charge in [0.2, 0.25) is 5.91 Å². The number of halogens is 3. The van der Waals surface area contributed by atoms with Crippen LogP contribution in [0.1, 0.15) is 33.6 Å². The molecule has 2 atom stereocenters. The quantitative estimate of drug-likeness (QED) is 0.843. The van der Waals surface area contributed by atoms with Gasteiger partial charge in [0.15, 0.2) is 0 Å².